The van der Waals surface area contributed by atoms with Crippen LogP contribution in [0.3, 0.4) is 0 Å². The number of benzene rings is 3. The second-order valence-corrected chi connectivity index (χ2v) is 4.96. The van der Waals surface area contributed by atoms with Crippen molar-refractivity contribution >= 4 is 10.8 Å². The van der Waals surface area contributed by atoms with Gasteiger partial charge in [0, 0.05) is 5.56 Å². The van der Waals surface area contributed by atoms with Gasteiger partial charge in [-0.05, 0) is 41.6 Å². The lowest BCUT2D eigenvalue weighted by Crippen LogP contribution is -2.19. The lowest BCUT2D eigenvalue weighted by molar-refractivity contribution is 0.559. The summed E-state index contributed by atoms with van der Waals surface area (Å²) in [5, 5.41) is 5.19. The molecule has 0 radical (unpaired) electrons. The first-order chi connectivity index (χ1) is 10.2. The third-order valence-corrected chi connectivity index (χ3v) is 3.69. The SMILES string of the molecule is CNC(c1cc(F)ccc1F)c1cccc2ccccc12. The fraction of sp³-hybridized carbons (Fsp3) is 0.111. The Bertz CT molecular complexity index is 778. The van der Waals surface area contributed by atoms with Gasteiger partial charge in [0.1, 0.15) is 11.6 Å². The lowest BCUT2D eigenvalue weighted by Gasteiger charge is -2.20. The van der Waals surface area contributed by atoms with Crippen molar-refractivity contribution in [1.29, 1.82) is 0 Å². The Hall–Kier alpha value is -2.26. The van der Waals surface area contributed by atoms with Crippen molar-refractivity contribution in [3.05, 3.63) is 83.4 Å². The summed E-state index contributed by atoms with van der Waals surface area (Å²) in [5.74, 6) is -0.851. The summed E-state index contributed by atoms with van der Waals surface area (Å²) < 4.78 is 27.6. The molecule has 0 aliphatic carbocycles. The molecule has 0 fully saturated rings. The van der Waals surface area contributed by atoms with Gasteiger partial charge in [0.25, 0.3) is 0 Å². The van der Waals surface area contributed by atoms with Gasteiger partial charge in [0.05, 0.1) is 6.04 Å². The Labute approximate surface area is 122 Å². The maximum Gasteiger partial charge on any atom is 0.128 e. The second-order valence-electron chi connectivity index (χ2n) is 4.96. The molecule has 1 nitrogen and oxygen atoms in total. The predicted octanol–water partition coefficient (Wildman–Crippen LogP) is 4.43. The molecule has 3 aromatic carbocycles. The fourth-order valence-electron chi connectivity index (χ4n) is 2.72. The van der Waals surface area contributed by atoms with Crippen LogP contribution in [-0.2, 0) is 0 Å². The summed E-state index contributed by atoms with van der Waals surface area (Å²) in [6, 6.07) is 16.9. The van der Waals surface area contributed by atoms with E-state index < -0.39 is 17.7 Å². The van der Waals surface area contributed by atoms with E-state index in [0.29, 0.717) is 5.56 Å². The normalized spacial score (nSPS) is 12.5. The van der Waals surface area contributed by atoms with E-state index in [0.717, 1.165) is 22.4 Å². The first-order valence-electron chi connectivity index (χ1n) is 6.80. The standard InChI is InChI=1S/C18H15F2N/c1-21-18(16-11-13(19)9-10-17(16)20)15-8-4-6-12-5-2-3-7-14(12)15/h2-11,18,21H,1H3. The zero-order valence-electron chi connectivity index (χ0n) is 11.6. The second kappa shape index (κ2) is 5.62. The van der Waals surface area contributed by atoms with E-state index in [1.165, 1.54) is 12.1 Å². The van der Waals surface area contributed by atoms with Gasteiger partial charge in [-0.1, -0.05) is 42.5 Å². The molecule has 1 N–H and O–H groups in total. The summed E-state index contributed by atoms with van der Waals surface area (Å²) in [5.41, 5.74) is 1.24. The Morgan fingerprint density at radius 1 is 0.857 bits per heavy atom. The molecule has 3 rings (SSSR count). The Balaban J connectivity index is 2.21. The van der Waals surface area contributed by atoms with Gasteiger partial charge in [0.15, 0.2) is 0 Å². The molecule has 0 spiro atoms. The average Bonchev–Trinajstić information content (AvgIpc) is 2.51. The molecular formula is C18H15F2N. The number of hydrogen-bond donors (Lipinski definition) is 1. The van der Waals surface area contributed by atoms with Gasteiger partial charge >= 0.3 is 0 Å². The van der Waals surface area contributed by atoms with Crippen LogP contribution in [-0.4, -0.2) is 7.05 Å². The van der Waals surface area contributed by atoms with E-state index in [1.54, 1.807) is 7.05 Å². The number of halogens is 2. The first kappa shape index (κ1) is 13.7. The van der Waals surface area contributed by atoms with Crippen molar-refractivity contribution in [2.75, 3.05) is 7.05 Å². The highest BCUT2D eigenvalue weighted by Crippen LogP contribution is 2.30. The Kier molecular flexibility index (Phi) is 3.67. The van der Waals surface area contributed by atoms with E-state index in [2.05, 4.69) is 5.32 Å². The Morgan fingerprint density at radius 2 is 1.62 bits per heavy atom. The maximum absolute atomic E-state index is 14.1. The van der Waals surface area contributed by atoms with Crippen molar-refractivity contribution in [3.63, 3.8) is 0 Å². The van der Waals surface area contributed by atoms with Crippen molar-refractivity contribution in [2.24, 2.45) is 0 Å². The number of fused-ring (bicyclic) bond motifs is 1. The molecular weight excluding hydrogens is 268 g/mol. The summed E-state index contributed by atoms with van der Waals surface area (Å²) in [4.78, 5) is 0. The summed E-state index contributed by atoms with van der Waals surface area (Å²) in [6.07, 6.45) is 0. The quantitative estimate of drug-likeness (QED) is 0.750. The minimum absolute atomic E-state index is 0.314. The van der Waals surface area contributed by atoms with Crippen LogP contribution >= 0.6 is 0 Å². The molecule has 3 aromatic rings. The highest BCUT2D eigenvalue weighted by atomic mass is 19.1. The minimum Gasteiger partial charge on any atom is -0.309 e. The van der Waals surface area contributed by atoms with Crippen LogP contribution in [0, 0.1) is 11.6 Å². The van der Waals surface area contributed by atoms with Crippen LogP contribution in [0.5, 0.6) is 0 Å². The molecule has 0 saturated heterocycles. The monoisotopic (exact) mass is 283 g/mol. The van der Waals surface area contributed by atoms with Gasteiger partial charge in [-0.2, -0.15) is 0 Å². The molecule has 1 unspecified atom stereocenters. The fourth-order valence-corrected chi connectivity index (χ4v) is 2.72. The maximum atomic E-state index is 14.1. The summed E-state index contributed by atoms with van der Waals surface area (Å²) in [7, 11) is 1.75. The van der Waals surface area contributed by atoms with E-state index >= 15 is 0 Å². The van der Waals surface area contributed by atoms with Crippen LogP contribution in [0.15, 0.2) is 60.7 Å². The zero-order chi connectivity index (χ0) is 14.8. The van der Waals surface area contributed by atoms with E-state index in [4.69, 9.17) is 0 Å². The van der Waals surface area contributed by atoms with Crippen molar-refractivity contribution < 1.29 is 8.78 Å². The highest BCUT2D eigenvalue weighted by Gasteiger charge is 2.18. The topological polar surface area (TPSA) is 12.0 Å². The summed E-state index contributed by atoms with van der Waals surface area (Å²) >= 11 is 0. The van der Waals surface area contributed by atoms with Gasteiger partial charge in [-0.3, -0.25) is 0 Å². The third-order valence-electron chi connectivity index (χ3n) is 3.69. The Morgan fingerprint density at radius 3 is 2.43 bits per heavy atom. The molecule has 0 heterocycles. The van der Waals surface area contributed by atoms with Crippen LogP contribution in [0.4, 0.5) is 8.78 Å². The lowest BCUT2D eigenvalue weighted by atomic mass is 9.93. The van der Waals surface area contributed by atoms with Gasteiger partial charge < -0.3 is 5.32 Å². The van der Waals surface area contributed by atoms with Gasteiger partial charge in [-0.15, -0.1) is 0 Å². The first-order valence-corrected chi connectivity index (χ1v) is 6.80. The molecule has 1 atom stereocenters. The average molecular weight is 283 g/mol. The highest BCUT2D eigenvalue weighted by molar-refractivity contribution is 5.86. The number of rotatable bonds is 3. The molecule has 0 aromatic heterocycles. The molecule has 0 aliphatic heterocycles. The molecule has 0 aliphatic rings. The van der Waals surface area contributed by atoms with Crippen molar-refractivity contribution in [1.82, 2.24) is 5.32 Å². The minimum atomic E-state index is -0.438. The van der Waals surface area contributed by atoms with E-state index in [-0.39, 0.29) is 0 Å². The largest absolute Gasteiger partial charge is 0.309 e. The molecule has 0 amide bonds. The molecule has 0 bridgehead atoms. The predicted molar refractivity (Wildman–Crippen MR) is 81.2 cm³/mol. The van der Waals surface area contributed by atoms with E-state index in [1.807, 2.05) is 42.5 Å². The van der Waals surface area contributed by atoms with Crippen LogP contribution < -0.4 is 5.32 Å². The van der Waals surface area contributed by atoms with Gasteiger partial charge in [-0.25, -0.2) is 8.78 Å². The molecule has 106 valence electrons. The smallest absolute Gasteiger partial charge is 0.128 e. The number of hydrogen-bond acceptors (Lipinski definition) is 1. The molecule has 3 heteroatoms. The zero-order valence-corrected chi connectivity index (χ0v) is 11.6. The van der Waals surface area contributed by atoms with Crippen LogP contribution in [0.1, 0.15) is 17.2 Å². The third kappa shape index (κ3) is 2.52. The summed E-state index contributed by atoms with van der Waals surface area (Å²) in [6.45, 7) is 0. The van der Waals surface area contributed by atoms with Gasteiger partial charge in [0.2, 0.25) is 0 Å². The number of nitrogens with one attached hydrogen (secondary N) is 1. The van der Waals surface area contributed by atoms with Crippen LogP contribution in [0.2, 0.25) is 0 Å². The van der Waals surface area contributed by atoms with Crippen molar-refractivity contribution in [2.45, 2.75) is 6.04 Å². The van der Waals surface area contributed by atoms with Crippen molar-refractivity contribution in [3.8, 4) is 0 Å². The molecule has 21 heavy (non-hydrogen) atoms. The van der Waals surface area contributed by atoms with Crippen LogP contribution in [0.25, 0.3) is 10.8 Å². The molecule has 0 saturated carbocycles. The van der Waals surface area contributed by atoms with E-state index in [9.17, 15) is 8.78 Å².